The molecule has 0 bridgehead atoms. The first-order valence-electron chi connectivity index (χ1n) is 9.95. The van der Waals surface area contributed by atoms with Crippen molar-refractivity contribution in [3.8, 4) is 6.07 Å². The van der Waals surface area contributed by atoms with Gasteiger partial charge in [0.15, 0.2) is 5.65 Å². The Kier molecular flexibility index (Phi) is 5.35. The Hall–Kier alpha value is -2.46. The largest absolute Gasteiger partial charge is 0.378 e. The predicted molar refractivity (Wildman–Crippen MR) is 101 cm³/mol. The second-order valence-corrected chi connectivity index (χ2v) is 7.47. The molecule has 2 aromatic heterocycles. The van der Waals surface area contributed by atoms with Crippen LogP contribution in [0, 0.1) is 11.3 Å². The maximum Gasteiger partial charge on any atom is 0.229 e. The Balaban J connectivity index is 1.44. The molecule has 2 fully saturated rings. The van der Waals surface area contributed by atoms with Crippen LogP contribution in [0.3, 0.4) is 0 Å². The van der Waals surface area contributed by atoms with Crippen LogP contribution in [0.4, 0.5) is 5.95 Å². The second-order valence-electron chi connectivity index (χ2n) is 7.47. The molecule has 7 nitrogen and oxygen atoms in total. The number of amides is 1. The summed E-state index contributed by atoms with van der Waals surface area (Å²) in [6.07, 6.45) is 9.80. The van der Waals surface area contributed by atoms with E-state index in [2.05, 4.69) is 21.4 Å². The Morgan fingerprint density at radius 2 is 2.00 bits per heavy atom. The van der Waals surface area contributed by atoms with Gasteiger partial charge in [-0.15, -0.1) is 0 Å². The van der Waals surface area contributed by atoms with Crippen molar-refractivity contribution in [1.29, 1.82) is 5.26 Å². The first kappa shape index (κ1) is 17.9. The monoisotopic (exact) mass is 367 g/mol. The number of ether oxygens (including phenoxy) is 1. The lowest BCUT2D eigenvalue weighted by molar-refractivity contribution is -0.117. The number of nitrogens with one attached hydrogen (secondary N) is 1. The molecule has 27 heavy (non-hydrogen) atoms. The average molecular weight is 367 g/mol. The molecule has 2 heterocycles. The van der Waals surface area contributed by atoms with Gasteiger partial charge in [-0.25, -0.2) is 9.97 Å². The van der Waals surface area contributed by atoms with Gasteiger partial charge in [0.1, 0.15) is 17.3 Å². The highest BCUT2D eigenvalue weighted by Gasteiger charge is 2.26. The van der Waals surface area contributed by atoms with Crippen LogP contribution in [0.2, 0.25) is 0 Å². The van der Waals surface area contributed by atoms with Crippen molar-refractivity contribution in [3.63, 3.8) is 0 Å². The number of nitrogens with zero attached hydrogens (tertiary/aromatic N) is 4. The van der Waals surface area contributed by atoms with E-state index in [1.54, 1.807) is 12.1 Å². The van der Waals surface area contributed by atoms with E-state index < -0.39 is 0 Å². The Labute approximate surface area is 158 Å². The molecule has 7 heteroatoms. The van der Waals surface area contributed by atoms with Crippen molar-refractivity contribution in [2.75, 3.05) is 11.9 Å². The molecule has 2 saturated carbocycles. The molecule has 0 atom stereocenters. The van der Waals surface area contributed by atoms with Crippen molar-refractivity contribution < 1.29 is 9.53 Å². The lowest BCUT2D eigenvalue weighted by atomic mass is 9.93. The van der Waals surface area contributed by atoms with Gasteiger partial charge in [-0.05, 0) is 44.2 Å². The van der Waals surface area contributed by atoms with Crippen molar-refractivity contribution in [2.45, 2.75) is 69.9 Å². The first-order chi connectivity index (χ1) is 13.2. The summed E-state index contributed by atoms with van der Waals surface area (Å²) in [4.78, 5) is 21.4. The molecular weight excluding hydrogens is 342 g/mol. The van der Waals surface area contributed by atoms with Gasteiger partial charge in [0.2, 0.25) is 11.9 Å². The van der Waals surface area contributed by atoms with E-state index in [9.17, 15) is 4.79 Å². The minimum Gasteiger partial charge on any atom is -0.378 e. The number of rotatable bonds is 6. The number of aromatic nitrogens is 3. The lowest BCUT2D eigenvalue weighted by Crippen LogP contribution is -2.24. The number of hydrogen-bond donors (Lipinski definition) is 1. The van der Waals surface area contributed by atoms with Crippen LogP contribution in [0.25, 0.3) is 11.2 Å². The van der Waals surface area contributed by atoms with Gasteiger partial charge in [0, 0.05) is 6.04 Å². The highest BCUT2D eigenvalue weighted by molar-refractivity contribution is 5.91. The summed E-state index contributed by atoms with van der Waals surface area (Å²) in [5.41, 5.74) is 1.74. The molecule has 0 spiro atoms. The van der Waals surface area contributed by atoms with E-state index in [0.29, 0.717) is 41.9 Å². The van der Waals surface area contributed by atoms with Crippen LogP contribution in [0.1, 0.15) is 69.5 Å². The minimum atomic E-state index is -0.0952. The Morgan fingerprint density at radius 3 is 2.70 bits per heavy atom. The third-order valence-electron chi connectivity index (χ3n) is 5.58. The number of hydrogen-bond acceptors (Lipinski definition) is 5. The van der Waals surface area contributed by atoms with Gasteiger partial charge in [-0.2, -0.15) is 5.26 Å². The molecule has 0 radical (unpaired) electrons. The SMILES string of the molecule is N#Cc1ccc2nc(NC(=O)CCOC3CCCCC3)n(C3CCC3)c2n1. The summed E-state index contributed by atoms with van der Waals surface area (Å²) in [6, 6.07) is 5.80. The molecule has 0 aromatic carbocycles. The molecule has 2 aromatic rings. The maximum atomic E-state index is 12.4. The average Bonchev–Trinajstić information content (AvgIpc) is 2.98. The molecule has 0 unspecified atom stereocenters. The van der Waals surface area contributed by atoms with Crippen LogP contribution in [0.15, 0.2) is 12.1 Å². The fourth-order valence-corrected chi connectivity index (χ4v) is 3.85. The number of nitriles is 1. The van der Waals surface area contributed by atoms with Crippen LogP contribution in [-0.4, -0.2) is 33.2 Å². The summed E-state index contributed by atoms with van der Waals surface area (Å²) >= 11 is 0. The number of fused-ring (bicyclic) bond motifs is 1. The van der Waals surface area contributed by atoms with Gasteiger partial charge in [0.25, 0.3) is 0 Å². The zero-order chi connectivity index (χ0) is 18.6. The van der Waals surface area contributed by atoms with Crippen molar-refractivity contribution in [1.82, 2.24) is 14.5 Å². The molecule has 2 aliphatic rings. The van der Waals surface area contributed by atoms with Gasteiger partial charge in [0.05, 0.1) is 19.1 Å². The minimum absolute atomic E-state index is 0.0952. The summed E-state index contributed by atoms with van der Waals surface area (Å²) < 4.78 is 7.84. The Bertz CT molecular complexity index is 859. The number of anilines is 1. The van der Waals surface area contributed by atoms with E-state index in [1.165, 1.54) is 19.3 Å². The summed E-state index contributed by atoms with van der Waals surface area (Å²) in [5.74, 6) is 0.433. The molecule has 0 saturated heterocycles. The van der Waals surface area contributed by atoms with E-state index in [4.69, 9.17) is 10.00 Å². The van der Waals surface area contributed by atoms with E-state index in [1.807, 2.05) is 4.57 Å². The van der Waals surface area contributed by atoms with Gasteiger partial charge in [-0.3, -0.25) is 14.7 Å². The number of carbonyl (C=O) groups excluding carboxylic acids is 1. The molecule has 142 valence electrons. The van der Waals surface area contributed by atoms with Crippen LogP contribution < -0.4 is 5.32 Å². The van der Waals surface area contributed by atoms with Crippen LogP contribution >= 0.6 is 0 Å². The van der Waals surface area contributed by atoms with Crippen LogP contribution in [0.5, 0.6) is 0 Å². The van der Waals surface area contributed by atoms with E-state index in [-0.39, 0.29) is 11.9 Å². The number of imidazole rings is 1. The van der Waals surface area contributed by atoms with Crippen molar-refractivity contribution >= 4 is 23.0 Å². The molecule has 4 rings (SSSR count). The van der Waals surface area contributed by atoms with Gasteiger partial charge < -0.3 is 4.74 Å². The fourth-order valence-electron chi connectivity index (χ4n) is 3.85. The molecule has 0 aliphatic heterocycles. The number of carbonyl (C=O) groups is 1. The summed E-state index contributed by atoms with van der Waals surface area (Å²) in [6.45, 7) is 0.441. The highest BCUT2D eigenvalue weighted by Crippen LogP contribution is 2.36. The standard InChI is InChI=1S/C20H25N5O2/c21-13-14-9-10-17-19(22-14)25(15-5-4-6-15)20(23-17)24-18(26)11-12-27-16-7-2-1-3-8-16/h9-10,15-16H,1-8,11-12H2,(H,23,24,26). The van der Waals surface area contributed by atoms with E-state index in [0.717, 1.165) is 32.1 Å². The maximum absolute atomic E-state index is 12.4. The first-order valence-corrected chi connectivity index (χ1v) is 9.95. The highest BCUT2D eigenvalue weighted by atomic mass is 16.5. The van der Waals surface area contributed by atoms with Crippen molar-refractivity contribution in [3.05, 3.63) is 17.8 Å². The van der Waals surface area contributed by atoms with Gasteiger partial charge in [-0.1, -0.05) is 19.3 Å². The third kappa shape index (κ3) is 3.96. The predicted octanol–water partition coefficient (Wildman–Crippen LogP) is 3.71. The molecular formula is C20H25N5O2. The fraction of sp³-hybridized carbons (Fsp3) is 0.600. The summed E-state index contributed by atoms with van der Waals surface area (Å²) in [7, 11) is 0. The zero-order valence-electron chi connectivity index (χ0n) is 15.5. The second kappa shape index (κ2) is 8.05. The molecule has 2 aliphatic carbocycles. The van der Waals surface area contributed by atoms with Crippen LogP contribution in [-0.2, 0) is 9.53 Å². The number of pyridine rings is 1. The van der Waals surface area contributed by atoms with Crippen molar-refractivity contribution in [2.24, 2.45) is 0 Å². The third-order valence-corrected chi connectivity index (χ3v) is 5.58. The molecule has 1 N–H and O–H groups in total. The van der Waals surface area contributed by atoms with E-state index >= 15 is 0 Å². The molecule has 1 amide bonds. The smallest absolute Gasteiger partial charge is 0.229 e. The Morgan fingerprint density at radius 1 is 1.19 bits per heavy atom. The zero-order valence-corrected chi connectivity index (χ0v) is 15.5. The van der Waals surface area contributed by atoms with Gasteiger partial charge >= 0.3 is 0 Å². The normalized spacial score (nSPS) is 18.2. The summed E-state index contributed by atoms with van der Waals surface area (Å²) in [5, 5.41) is 12.1. The lowest BCUT2D eigenvalue weighted by Gasteiger charge is -2.28. The quantitative estimate of drug-likeness (QED) is 0.840. The topological polar surface area (TPSA) is 92.8 Å².